The molecule has 1 aromatic rings. The molecule has 0 saturated heterocycles. The Morgan fingerprint density at radius 1 is 1.18 bits per heavy atom. The molecule has 0 aliphatic heterocycles. The second-order valence-electron chi connectivity index (χ2n) is 5.93. The molecule has 0 aliphatic rings. The Labute approximate surface area is 133 Å². The number of hydrogen-bond acceptors (Lipinski definition) is 2. The van der Waals surface area contributed by atoms with Gasteiger partial charge in [-0.3, -0.25) is 9.79 Å². The number of nitrogens with zero attached hydrogens (tertiary/aromatic N) is 2. The lowest BCUT2D eigenvalue weighted by Gasteiger charge is -2.13. The van der Waals surface area contributed by atoms with Gasteiger partial charge in [0.25, 0.3) is 5.91 Å². The van der Waals surface area contributed by atoms with Gasteiger partial charge in [0.15, 0.2) is 5.96 Å². The summed E-state index contributed by atoms with van der Waals surface area (Å²) in [5, 5.41) is 6.57. The Balaban J connectivity index is 2.48. The quantitative estimate of drug-likeness (QED) is 0.625. The standard InChI is InChI=1S/C17H28N4O/c1-13(2)10-11-19-17(18-3)20-12-14-6-8-15(9-7-14)16(22)21(4)5/h6-9,13H,10-12H2,1-5H3,(H2,18,19,20). The van der Waals surface area contributed by atoms with E-state index in [4.69, 9.17) is 0 Å². The number of aliphatic imine (C=N–C) groups is 1. The van der Waals surface area contributed by atoms with Crippen LogP contribution in [0.3, 0.4) is 0 Å². The molecular weight excluding hydrogens is 276 g/mol. The van der Waals surface area contributed by atoms with Crippen molar-refractivity contribution in [3.63, 3.8) is 0 Å². The van der Waals surface area contributed by atoms with Gasteiger partial charge in [-0.05, 0) is 30.0 Å². The molecule has 0 heterocycles. The van der Waals surface area contributed by atoms with E-state index in [2.05, 4.69) is 29.5 Å². The van der Waals surface area contributed by atoms with E-state index in [9.17, 15) is 4.79 Å². The third-order valence-corrected chi connectivity index (χ3v) is 3.30. The second-order valence-corrected chi connectivity index (χ2v) is 5.93. The van der Waals surface area contributed by atoms with Crippen LogP contribution in [-0.2, 0) is 6.54 Å². The first-order valence-electron chi connectivity index (χ1n) is 7.69. The minimum absolute atomic E-state index is 0.0191. The zero-order valence-electron chi connectivity index (χ0n) is 14.3. The summed E-state index contributed by atoms with van der Waals surface area (Å²) >= 11 is 0. The molecule has 0 spiro atoms. The summed E-state index contributed by atoms with van der Waals surface area (Å²) < 4.78 is 0. The van der Waals surface area contributed by atoms with Gasteiger partial charge >= 0.3 is 0 Å². The third kappa shape index (κ3) is 6.16. The molecule has 0 unspecified atom stereocenters. The molecule has 0 bridgehead atoms. The van der Waals surface area contributed by atoms with E-state index in [-0.39, 0.29) is 5.91 Å². The Bertz CT molecular complexity index is 492. The minimum Gasteiger partial charge on any atom is -0.356 e. The van der Waals surface area contributed by atoms with E-state index >= 15 is 0 Å². The van der Waals surface area contributed by atoms with Gasteiger partial charge in [-0.25, -0.2) is 0 Å². The van der Waals surface area contributed by atoms with E-state index in [1.165, 1.54) is 0 Å². The largest absolute Gasteiger partial charge is 0.356 e. The lowest BCUT2D eigenvalue weighted by Crippen LogP contribution is -2.37. The van der Waals surface area contributed by atoms with Gasteiger partial charge in [0.05, 0.1) is 0 Å². The number of amides is 1. The average molecular weight is 304 g/mol. The van der Waals surface area contributed by atoms with Crippen LogP contribution in [0, 0.1) is 5.92 Å². The molecule has 0 aromatic heterocycles. The Morgan fingerprint density at radius 3 is 2.32 bits per heavy atom. The predicted molar refractivity (Wildman–Crippen MR) is 92.1 cm³/mol. The molecule has 22 heavy (non-hydrogen) atoms. The fraction of sp³-hybridized carbons (Fsp3) is 0.529. The summed E-state index contributed by atoms with van der Waals surface area (Å²) in [6.07, 6.45) is 1.11. The Hall–Kier alpha value is -2.04. The first kappa shape index (κ1) is 18.0. The molecule has 122 valence electrons. The molecule has 0 saturated carbocycles. The van der Waals surface area contributed by atoms with E-state index in [0.29, 0.717) is 18.0 Å². The fourth-order valence-electron chi connectivity index (χ4n) is 1.91. The van der Waals surface area contributed by atoms with Gasteiger partial charge in [-0.1, -0.05) is 26.0 Å². The molecular formula is C17H28N4O. The molecule has 1 aromatic carbocycles. The number of nitrogens with one attached hydrogen (secondary N) is 2. The van der Waals surface area contributed by atoms with Crippen molar-refractivity contribution in [3.8, 4) is 0 Å². The first-order valence-corrected chi connectivity index (χ1v) is 7.69. The van der Waals surface area contributed by atoms with Crippen LogP contribution in [-0.4, -0.2) is 44.5 Å². The molecule has 0 radical (unpaired) electrons. The van der Waals surface area contributed by atoms with Gasteiger partial charge in [-0.15, -0.1) is 0 Å². The fourth-order valence-corrected chi connectivity index (χ4v) is 1.91. The van der Waals surface area contributed by atoms with Gasteiger partial charge < -0.3 is 15.5 Å². The van der Waals surface area contributed by atoms with E-state index in [1.807, 2.05) is 24.3 Å². The van der Waals surface area contributed by atoms with Gasteiger partial charge in [0, 0.05) is 39.8 Å². The normalized spacial score (nSPS) is 11.5. The topological polar surface area (TPSA) is 56.7 Å². The highest BCUT2D eigenvalue weighted by atomic mass is 16.2. The van der Waals surface area contributed by atoms with Crippen molar-refractivity contribution in [1.29, 1.82) is 0 Å². The lowest BCUT2D eigenvalue weighted by atomic mass is 10.1. The molecule has 0 fully saturated rings. The molecule has 0 atom stereocenters. The van der Waals surface area contributed by atoms with Crippen LogP contribution in [0.25, 0.3) is 0 Å². The number of benzene rings is 1. The smallest absolute Gasteiger partial charge is 0.253 e. The molecule has 1 amide bonds. The summed E-state index contributed by atoms with van der Waals surface area (Å²) in [6.45, 7) is 5.99. The van der Waals surface area contributed by atoms with E-state index in [1.54, 1.807) is 26.0 Å². The zero-order valence-corrected chi connectivity index (χ0v) is 14.3. The van der Waals surface area contributed by atoms with Crippen molar-refractivity contribution in [3.05, 3.63) is 35.4 Å². The van der Waals surface area contributed by atoms with Crippen molar-refractivity contribution >= 4 is 11.9 Å². The molecule has 1 rings (SSSR count). The van der Waals surface area contributed by atoms with Crippen LogP contribution in [0.15, 0.2) is 29.3 Å². The second kappa shape index (κ2) is 9.07. The Morgan fingerprint density at radius 2 is 1.82 bits per heavy atom. The van der Waals surface area contributed by atoms with Crippen LogP contribution >= 0.6 is 0 Å². The first-order chi connectivity index (χ1) is 10.4. The van der Waals surface area contributed by atoms with E-state index in [0.717, 1.165) is 24.5 Å². The highest BCUT2D eigenvalue weighted by Gasteiger charge is 2.07. The highest BCUT2D eigenvalue weighted by molar-refractivity contribution is 5.93. The van der Waals surface area contributed by atoms with Crippen LogP contribution in [0.4, 0.5) is 0 Å². The van der Waals surface area contributed by atoms with Gasteiger partial charge in [-0.2, -0.15) is 0 Å². The van der Waals surface area contributed by atoms with Gasteiger partial charge in [0.2, 0.25) is 0 Å². The number of carbonyl (C=O) groups is 1. The van der Waals surface area contributed by atoms with Crippen molar-refractivity contribution in [1.82, 2.24) is 15.5 Å². The van der Waals surface area contributed by atoms with Crippen LogP contribution in [0.2, 0.25) is 0 Å². The number of carbonyl (C=O) groups excluding carboxylic acids is 1. The van der Waals surface area contributed by atoms with Crippen molar-refractivity contribution in [2.45, 2.75) is 26.8 Å². The van der Waals surface area contributed by atoms with Crippen molar-refractivity contribution in [2.24, 2.45) is 10.9 Å². The average Bonchev–Trinajstić information content (AvgIpc) is 2.50. The monoisotopic (exact) mass is 304 g/mol. The van der Waals surface area contributed by atoms with Crippen molar-refractivity contribution in [2.75, 3.05) is 27.7 Å². The lowest BCUT2D eigenvalue weighted by molar-refractivity contribution is 0.0827. The third-order valence-electron chi connectivity index (χ3n) is 3.30. The van der Waals surface area contributed by atoms with Crippen LogP contribution in [0.1, 0.15) is 36.2 Å². The summed E-state index contributed by atoms with van der Waals surface area (Å²) in [7, 11) is 5.28. The Kier molecular flexibility index (Phi) is 7.43. The maximum atomic E-state index is 11.8. The predicted octanol–water partition coefficient (Wildman–Crippen LogP) is 2.10. The maximum absolute atomic E-state index is 11.8. The summed E-state index contributed by atoms with van der Waals surface area (Å²) in [5.74, 6) is 1.49. The summed E-state index contributed by atoms with van der Waals surface area (Å²) in [6, 6.07) is 7.64. The summed E-state index contributed by atoms with van der Waals surface area (Å²) in [4.78, 5) is 17.6. The summed E-state index contributed by atoms with van der Waals surface area (Å²) in [5.41, 5.74) is 1.82. The number of guanidine groups is 1. The molecule has 0 aliphatic carbocycles. The SMILES string of the molecule is CN=C(NCCC(C)C)NCc1ccc(C(=O)N(C)C)cc1. The van der Waals surface area contributed by atoms with Crippen LogP contribution < -0.4 is 10.6 Å². The molecule has 5 heteroatoms. The maximum Gasteiger partial charge on any atom is 0.253 e. The highest BCUT2D eigenvalue weighted by Crippen LogP contribution is 2.06. The molecule has 5 nitrogen and oxygen atoms in total. The van der Waals surface area contributed by atoms with E-state index < -0.39 is 0 Å². The van der Waals surface area contributed by atoms with Crippen LogP contribution in [0.5, 0.6) is 0 Å². The van der Waals surface area contributed by atoms with Crippen molar-refractivity contribution < 1.29 is 4.79 Å². The molecule has 2 N–H and O–H groups in total. The minimum atomic E-state index is 0.0191. The zero-order chi connectivity index (χ0) is 16.5. The number of rotatable bonds is 6. The van der Waals surface area contributed by atoms with Gasteiger partial charge in [0.1, 0.15) is 0 Å². The number of hydrogen-bond donors (Lipinski definition) is 2.